The molecular weight excluding hydrogens is 306 g/mol. The molecule has 0 saturated carbocycles. The number of aliphatic hydroxyl groups is 1. The van der Waals surface area contributed by atoms with E-state index in [1.165, 1.54) is 25.0 Å². The maximum absolute atomic E-state index is 12.1. The van der Waals surface area contributed by atoms with E-state index >= 15 is 0 Å². The Bertz CT molecular complexity index is 559. The van der Waals surface area contributed by atoms with E-state index in [4.69, 9.17) is 16.7 Å². The summed E-state index contributed by atoms with van der Waals surface area (Å²) in [6.45, 7) is 0.491. The van der Waals surface area contributed by atoms with Gasteiger partial charge in [0.2, 0.25) is 0 Å². The first kappa shape index (κ1) is 16.2. The molecule has 1 aromatic rings. The van der Waals surface area contributed by atoms with Gasteiger partial charge in [-0.15, -0.1) is 0 Å². The van der Waals surface area contributed by atoms with Crippen LogP contribution in [0.3, 0.4) is 0 Å². The quantitative estimate of drug-likeness (QED) is 0.841. The molecule has 1 aliphatic heterocycles. The van der Waals surface area contributed by atoms with Gasteiger partial charge in [-0.05, 0) is 36.8 Å². The van der Waals surface area contributed by atoms with E-state index in [9.17, 15) is 4.79 Å². The molecule has 1 aromatic carbocycles. The number of carbonyl (C=O) groups is 1. The molecule has 0 spiro atoms. The first-order valence-corrected chi connectivity index (χ1v) is 8.42. The first-order valence-electron chi connectivity index (χ1n) is 7.00. The van der Waals surface area contributed by atoms with Crippen LogP contribution < -0.4 is 5.32 Å². The molecule has 21 heavy (non-hydrogen) atoms. The number of aliphatic hydroxyl groups excluding tert-OH is 1. The Hall–Kier alpha value is -1.15. The predicted octanol–water partition coefficient (Wildman–Crippen LogP) is 2.70. The second kappa shape index (κ2) is 8.33. The second-order valence-corrected chi connectivity index (χ2v) is 6.67. The molecule has 5 heteroatoms. The van der Waals surface area contributed by atoms with Gasteiger partial charge in [0.25, 0.3) is 5.91 Å². The van der Waals surface area contributed by atoms with Gasteiger partial charge in [0.15, 0.2) is 0 Å². The molecule has 112 valence electrons. The van der Waals surface area contributed by atoms with Gasteiger partial charge in [-0.2, -0.15) is 11.8 Å². The van der Waals surface area contributed by atoms with Crippen LogP contribution in [0.15, 0.2) is 18.2 Å². The van der Waals surface area contributed by atoms with Gasteiger partial charge >= 0.3 is 0 Å². The van der Waals surface area contributed by atoms with Crippen molar-refractivity contribution in [3.8, 4) is 11.8 Å². The number of thioether (sulfide) groups is 1. The lowest BCUT2D eigenvalue weighted by Gasteiger charge is -2.21. The van der Waals surface area contributed by atoms with Crippen molar-refractivity contribution in [1.29, 1.82) is 0 Å². The first-order chi connectivity index (χ1) is 10.2. The zero-order valence-corrected chi connectivity index (χ0v) is 13.3. The van der Waals surface area contributed by atoms with E-state index in [0.29, 0.717) is 27.9 Å². The average Bonchev–Trinajstić information content (AvgIpc) is 2.52. The second-order valence-electron chi connectivity index (χ2n) is 4.85. The van der Waals surface area contributed by atoms with Gasteiger partial charge in [0.05, 0.1) is 5.02 Å². The summed E-state index contributed by atoms with van der Waals surface area (Å²) in [6, 6.07) is 5.03. The fraction of sp³-hybridized carbons (Fsp3) is 0.438. The third kappa shape index (κ3) is 4.96. The monoisotopic (exact) mass is 323 g/mol. The van der Waals surface area contributed by atoms with Crippen molar-refractivity contribution >= 4 is 29.3 Å². The largest absolute Gasteiger partial charge is 0.384 e. The van der Waals surface area contributed by atoms with Crippen LogP contribution in [-0.2, 0) is 0 Å². The fourth-order valence-electron chi connectivity index (χ4n) is 2.17. The van der Waals surface area contributed by atoms with Crippen LogP contribution in [0, 0.1) is 11.8 Å². The minimum atomic E-state index is -0.211. The molecular formula is C16H18ClNO2S. The molecule has 0 aromatic heterocycles. The number of hydrogen-bond donors (Lipinski definition) is 2. The smallest absolute Gasteiger partial charge is 0.251 e. The third-order valence-corrected chi connectivity index (χ3v) is 5.01. The molecule has 1 heterocycles. The summed E-state index contributed by atoms with van der Waals surface area (Å²) in [7, 11) is 0. The van der Waals surface area contributed by atoms with Crippen LogP contribution >= 0.6 is 23.4 Å². The molecule has 0 bridgehead atoms. The lowest BCUT2D eigenvalue weighted by Crippen LogP contribution is -2.31. The SMILES string of the molecule is O=C(NCC1CCCCS1)c1ccc(C#CCO)c(Cl)c1. The van der Waals surface area contributed by atoms with Crippen molar-refractivity contribution in [1.82, 2.24) is 5.32 Å². The molecule has 3 nitrogen and oxygen atoms in total. The van der Waals surface area contributed by atoms with Gasteiger partial charge in [0.1, 0.15) is 6.61 Å². The predicted molar refractivity (Wildman–Crippen MR) is 87.8 cm³/mol. The molecule has 1 saturated heterocycles. The molecule has 2 rings (SSSR count). The highest BCUT2D eigenvalue weighted by Crippen LogP contribution is 2.24. The van der Waals surface area contributed by atoms with E-state index in [2.05, 4.69) is 17.2 Å². The summed E-state index contributed by atoms with van der Waals surface area (Å²) in [5.41, 5.74) is 1.15. The van der Waals surface area contributed by atoms with Gasteiger partial charge in [0, 0.05) is 22.9 Å². The summed E-state index contributed by atoms with van der Waals surface area (Å²) in [5, 5.41) is 12.6. The number of benzene rings is 1. The van der Waals surface area contributed by atoms with Crippen LogP contribution in [0.25, 0.3) is 0 Å². The molecule has 1 unspecified atom stereocenters. The van der Waals surface area contributed by atoms with Crippen LogP contribution in [0.4, 0.5) is 0 Å². The molecule has 0 radical (unpaired) electrons. The topological polar surface area (TPSA) is 49.3 Å². The Balaban J connectivity index is 1.94. The summed E-state index contributed by atoms with van der Waals surface area (Å²) in [5.74, 6) is 6.36. The van der Waals surface area contributed by atoms with Crippen molar-refractivity contribution < 1.29 is 9.90 Å². The minimum Gasteiger partial charge on any atom is -0.384 e. The van der Waals surface area contributed by atoms with Crippen LogP contribution in [0.5, 0.6) is 0 Å². The van der Waals surface area contributed by atoms with E-state index in [-0.39, 0.29) is 12.5 Å². The zero-order chi connectivity index (χ0) is 15.1. The number of halogens is 1. The van der Waals surface area contributed by atoms with E-state index in [1.807, 2.05) is 11.8 Å². The molecule has 2 N–H and O–H groups in total. The maximum atomic E-state index is 12.1. The van der Waals surface area contributed by atoms with Crippen LogP contribution in [0.2, 0.25) is 5.02 Å². The number of nitrogens with one attached hydrogen (secondary N) is 1. The minimum absolute atomic E-state index is 0.107. The number of rotatable bonds is 3. The Kier molecular flexibility index (Phi) is 6.44. The molecule has 1 atom stereocenters. The Morgan fingerprint density at radius 1 is 1.48 bits per heavy atom. The van der Waals surface area contributed by atoms with Gasteiger partial charge in [-0.1, -0.05) is 29.9 Å². The molecule has 1 aliphatic rings. The van der Waals surface area contributed by atoms with E-state index < -0.39 is 0 Å². The summed E-state index contributed by atoms with van der Waals surface area (Å²) in [4.78, 5) is 12.1. The third-order valence-electron chi connectivity index (χ3n) is 3.30. The number of carbonyl (C=O) groups excluding carboxylic acids is 1. The zero-order valence-electron chi connectivity index (χ0n) is 11.7. The van der Waals surface area contributed by atoms with Gasteiger partial charge in [-0.3, -0.25) is 4.79 Å². The highest BCUT2D eigenvalue weighted by Gasteiger charge is 2.15. The van der Waals surface area contributed by atoms with Crippen molar-refractivity contribution in [2.45, 2.75) is 24.5 Å². The van der Waals surface area contributed by atoms with Gasteiger partial charge < -0.3 is 10.4 Å². The Morgan fingerprint density at radius 3 is 3.00 bits per heavy atom. The van der Waals surface area contributed by atoms with Crippen LogP contribution in [0.1, 0.15) is 35.2 Å². The van der Waals surface area contributed by atoms with Crippen molar-refractivity contribution in [3.05, 3.63) is 34.3 Å². The van der Waals surface area contributed by atoms with Crippen molar-refractivity contribution in [3.63, 3.8) is 0 Å². The Morgan fingerprint density at radius 2 is 2.33 bits per heavy atom. The molecule has 1 fully saturated rings. The standard InChI is InChI=1S/C16H18ClNO2S/c17-15-10-13(7-6-12(15)4-3-8-19)16(20)18-11-14-5-1-2-9-21-14/h6-7,10,14,19H,1-2,5,8-9,11H2,(H,18,20). The summed E-state index contributed by atoms with van der Waals surface area (Å²) >= 11 is 8.02. The number of amides is 1. The Labute approximate surface area is 134 Å². The lowest BCUT2D eigenvalue weighted by atomic mass is 10.1. The van der Waals surface area contributed by atoms with E-state index in [0.717, 1.165) is 0 Å². The summed E-state index contributed by atoms with van der Waals surface area (Å²) in [6.07, 6.45) is 3.69. The van der Waals surface area contributed by atoms with Crippen molar-refractivity contribution in [2.24, 2.45) is 0 Å². The molecule has 0 aliphatic carbocycles. The lowest BCUT2D eigenvalue weighted by molar-refractivity contribution is 0.0953. The van der Waals surface area contributed by atoms with Crippen molar-refractivity contribution in [2.75, 3.05) is 18.9 Å². The number of hydrogen-bond acceptors (Lipinski definition) is 3. The molecule has 1 amide bonds. The summed E-state index contributed by atoms with van der Waals surface area (Å²) < 4.78 is 0. The van der Waals surface area contributed by atoms with E-state index in [1.54, 1.807) is 18.2 Å². The van der Waals surface area contributed by atoms with Gasteiger partial charge in [-0.25, -0.2) is 0 Å². The maximum Gasteiger partial charge on any atom is 0.251 e. The normalized spacial score (nSPS) is 17.7. The van der Waals surface area contributed by atoms with Crippen LogP contribution in [-0.4, -0.2) is 35.2 Å². The highest BCUT2D eigenvalue weighted by molar-refractivity contribution is 7.99. The average molecular weight is 324 g/mol. The fourth-order valence-corrected chi connectivity index (χ4v) is 3.64. The highest BCUT2D eigenvalue weighted by atomic mass is 35.5.